The quantitative estimate of drug-likeness (QED) is 0.885. The molecule has 2 aliphatic rings. The number of amides is 3. The van der Waals surface area contributed by atoms with Crippen molar-refractivity contribution in [1.82, 2.24) is 10.2 Å². The van der Waals surface area contributed by atoms with Crippen molar-refractivity contribution in [2.24, 2.45) is 0 Å². The Morgan fingerprint density at radius 2 is 1.72 bits per heavy atom. The second-order valence-electron chi connectivity index (χ2n) is 6.12. The van der Waals surface area contributed by atoms with Crippen LogP contribution < -0.4 is 10.2 Å². The van der Waals surface area contributed by atoms with Gasteiger partial charge in [0.05, 0.1) is 23.9 Å². The summed E-state index contributed by atoms with van der Waals surface area (Å²) in [4.78, 5) is 28.5. The van der Waals surface area contributed by atoms with Gasteiger partial charge in [0, 0.05) is 12.7 Å². The van der Waals surface area contributed by atoms with E-state index in [9.17, 15) is 14.7 Å². The Labute approximate surface area is 145 Å². The summed E-state index contributed by atoms with van der Waals surface area (Å²) in [5, 5.41) is 12.4. The minimum Gasteiger partial charge on any atom is -0.508 e. The van der Waals surface area contributed by atoms with E-state index in [1.54, 1.807) is 36.2 Å². The topological polar surface area (TPSA) is 72.9 Å². The van der Waals surface area contributed by atoms with Crippen LogP contribution in [0.1, 0.15) is 11.6 Å². The smallest absolute Gasteiger partial charge is 0.322 e. The Morgan fingerprint density at radius 3 is 2.40 bits per heavy atom. The van der Waals surface area contributed by atoms with Gasteiger partial charge in [-0.2, -0.15) is 0 Å². The van der Waals surface area contributed by atoms with E-state index in [4.69, 9.17) is 0 Å². The van der Waals surface area contributed by atoms with Crippen LogP contribution in [0.15, 0.2) is 65.9 Å². The van der Waals surface area contributed by atoms with Gasteiger partial charge in [-0.25, -0.2) is 4.79 Å². The SMILES string of the molecule is CN1C(=O)N[C@@H](c2ccccc2)C2=C1CN(c1ccc(O)cc1)C2=O. The lowest BCUT2D eigenvalue weighted by molar-refractivity contribution is -0.114. The predicted octanol–water partition coefficient (Wildman–Crippen LogP) is 2.39. The zero-order chi connectivity index (χ0) is 17.6. The molecular formula is C19H17N3O3. The average molecular weight is 335 g/mol. The van der Waals surface area contributed by atoms with Gasteiger partial charge in [-0.3, -0.25) is 9.69 Å². The molecule has 2 aromatic carbocycles. The highest BCUT2D eigenvalue weighted by Crippen LogP contribution is 2.37. The molecule has 0 aliphatic carbocycles. The Hall–Kier alpha value is -3.28. The van der Waals surface area contributed by atoms with Gasteiger partial charge >= 0.3 is 6.03 Å². The van der Waals surface area contributed by atoms with Crippen molar-refractivity contribution in [3.05, 3.63) is 71.4 Å². The number of phenols is 1. The molecular weight excluding hydrogens is 318 g/mol. The Bertz CT molecular complexity index is 875. The molecule has 3 amide bonds. The summed E-state index contributed by atoms with van der Waals surface area (Å²) in [7, 11) is 1.67. The van der Waals surface area contributed by atoms with Crippen molar-refractivity contribution in [2.45, 2.75) is 6.04 Å². The van der Waals surface area contributed by atoms with Gasteiger partial charge in [0.1, 0.15) is 5.75 Å². The number of aromatic hydroxyl groups is 1. The number of likely N-dealkylation sites (N-methyl/N-ethyl adjacent to an activating group) is 1. The maximum Gasteiger partial charge on any atom is 0.322 e. The molecule has 6 heteroatoms. The third kappa shape index (κ3) is 2.42. The number of carbonyl (C=O) groups excluding carboxylic acids is 2. The lowest BCUT2D eigenvalue weighted by Crippen LogP contribution is -2.45. The minimum atomic E-state index is -0.463. The first-order chi connectivity index (χ1) is 12.1. The monoisotopic (exact) mass is 335 g/mol. The van der Waals surface area contributed by atoms with Crippen molar-refractivity contribution in [1.29, 1.82) is 0 Å². The predicted molar refractivity (Wildman–Crippen MR) is 93.0 cm³/mol. The number of hydrogen-bond acceptors (Lipinski definition) is 3. The van der Waals surface area contributed by atoms with E-state index >= 15 is 0 Å². The molecule has 2 aromatic rings. The minimum absolute atomic E-state index is 0.138. The number of hydrogen-bond donors (Lipinski definition) is 2. The zero-order valence-electron chi connectivity index (χ0n) is 13.6. The van der Waals surface area contributed by atoms with Crippen LogP contribution >= 0.6 is 0 Å². The van der Waals surface area contributed by atoms with Crippen LogP contribution in [-0.4, -0.2) is 35.5 Å². The van der Waals surface area contributed by atoms with E-state index < -0.39 is 6.04 Å². The van der Waals surface area contributed by atoms with Crippen molar-refractivity contribution < 1.29 is 14.7 Å². The lowest BCUT2D eigenvalue weighted by Gasteiger charge is -2.31. The fraction of sp³-hybridized carbons (Fsp3) is 0.158. The standard InChI is InChI=1S/C19H17N3O3/c1-21-15-11-22(13-7-9-14(23)10-8-13)18(24)16(15)17(20-19(21)25)12-5-3-2-4-6-12/h2-10,17,23H,11H2,1H3,(H,20,25)/t17-/m0/s1. The van der Waals surface area contributed by atoms with Gasteiger partial charge in [0.25, 0.3) is 5.91 Å². The van der Waals surface area contributed by atoms with Crippen molar-refractivity contribution in [3.8, 4) is 5.75 Å². The van der Waals surface area contributed by atoms with E-state index in [0.29, 0.717) is 23.5 Å². The highest BCUT2D eigenvalue weighted by Gasteiger charge is 2.43. The first kappa shape index (κ1) is 15.3. The van der Waals surface area contributed by atoms with Gasteiger partial charge in [0.2, 0.25) is 0 Å². The van der Waals surface area contributed by atoms with Gasteiger partial charge in [-0.05, 0) is 29.8 Å². The second-order valence-corrected chi connectivity index (χ2v) is 6.12. The maximum atomic E-state index is 13.1. The zero-order valence-corrected chi connectivity index (χ0v) is 13.6. The van der Waals surface area contributed by atoms with Crippen LogP contribution in [-0.2, 0) is 4.79 Å². The molecule has 6 nitrogen and oxygen atoms in total. The normalized spacial score (nSPS) is 20.0. The summed E-state index contributed by atoms with van der Waals surface area (Å²) in [5.74, 6) is 0.00522. The fourth-order valence-corrected chi connectivity index (χ4v) is 3.30. The van der Waals surface area contributed by atoms with Gasteiger partial charge in [0.15, 0.2) is 0 Å². The molecule has 2 heterocycles. The maximum absolute atomic E-state index is 13.1. The van der Waals surface area contributed by atoms with Crippen LogP contribution in [0, 0.1) is 0 Å². The van der Waals surface area contributed by atoms with E-state index in [1.807, 2.05) is 30.3 Å². The third-order valence-electron chi connectivity index (χ3n) is 4.65. The van der Waals surface area contributed by atoms with E-state index in [0.717, 1.165) is 5.56 Å². The number of anilines is 1. The molecule has 0 aromatic heterocycles. The number of urea groups is 1. The molecule has 0 unspecified atom stereocenters. The number of carbonyl (C=O) groups is 2. The number of phenolic OH excluding ortho intramolecular Hbond substituents is 1. The van der Waals surface area contributed by atoms with Crippen molar-refractivity contribution in [3.63, 3.8) is 0 Å². The van der Waals surface area contributed by atoms with Gasteiger partial charge < -0.3 is 15.3 Å². The fourth-order valence-electron chi connectivity index (χ4n) is 3.30. The van der Waals surface area contributed by atoms with Crippen LogP contribution in [0.2, 0.25) is 0 Å². The summed E-state index contributed by atoms with van der Waals surface area (Å²) >= 11 is 0. The molecule has 0 bridgehead atoms. The number of nitrogens with zero attached hydrogens (tertiary/aromatic N) is 2. The molecule has 0 radical (unpaired) electrons. The Kier molecular flexibility index (Phi) is 3.46. The molecule has 0 saturated heterocycles. The average Bonchev–Trinajstić information content (AvgIpc) is 2.97. The first-order valence-corrected chi connectivity index (χ1v) is 7.99. The summed E-state index contributed by atoms with van der Waals surface area (Å²) in [5.41, 5.74) is 2.85. The summed E-state index contributed by atoms with van der Waals surface area (Å²) < 4.78 is 0. The third-order valence-corrected chi connectivity index (χ3v) is 4.65. The van der Waals surface area contributed by atoms with E-state index in [2.05, 4.69) is 5.32 Å². The molecule has 2 aliphatic heterocycles. The van der Waals surface area contributed by atoms with Gasteiger partial charge in [-0.1, -0.05) is 30.3 Å². The number of benzene rings is 2. The molecule has 25 heavy (non-hydrogen) atoms. The number of nitrogens with one attached hydrogen (secondary N) is 1. The molecule has 126 valence electrons. The molecule has 0 saturated carbocycles. The summed E-state index contributed by atoms with van der Waals surface area (Å²) in [6.07, 6.45) is 0. The molecule has 0 fully saturated rings. The van der Waals surface area contributed by atoms with Crippen LogP contribution in [0.25, 0.3) is 0 Å². The van der Waals surface area contributed by atoms with E-state index in [1.165, 1.54) is 4.90 Å². The summed E-state index contributed by atoms with van der Waals surface area (Å²) in [6.45, 7) is 0.326. The number of rotatable bonds is 2. The Morgan fingerprint density at radius 1 is 1.04 bits per heavy atom. The van der Waals surface area contributed by atoms with Crippen LogP contribution in [0.3, 0.4) is 0 Å². The molecule has 1 atom stereocenters. The van der Waals surface area contributed by atoms with Crippen molar-refractivity contribution in [2.75, 3.05) is 18.5 Å². The highest BCUT2D eigenvalue weighted by atomic mass is 16.3. The second kappa shape index (κ2) is 5.66. The molecule has 2 N–H and O–H groups in total. The summed E-state index contributed by atoms with van der Waals surface area (Å²) in [6, 6.07) is 15.3. The highest BCUT2D eigenvalue weighted by molar-refractivity contribution is 6.11. The largest absolute Gasteiger partial charge is 0.508 e. The van der Waals surface area contributed by atoms with Crippen molar-refractivity contribution >= 4 is 17.6 Å². The molecule has 0 spiro atoms. The van der Waals surface area contributed by atoms with Crippen LogP contribution in [0.5, 0.6) is 5.75 Å². The first-order valence-electron chi connectivity index (χ1n) is 7.99. The molecule has 4 rings (SSSR count). The van der Waals surface area contributed by atoms with Crippen LogP contribution in [0.4, 0.5) is 10.5 Å². The lowest BCUT2D eigenvalue weighted by atomic mass is 9.96. The van der Waals surface area contributed by atoms with E-state index in [-0.39, 0.29) is 17.7 Å². The van der Waals surface area contributed by atoms with Gasteiger partial charge in [-0.15, -0.1) is 0 Å². The Balaban J connectivity index is 1.76.